The molecule has 6 heteroatoms. The Morgan fingerprint density at radius 2 is 1.76 bits per heavy atom. The lowest BCUT2D eigenvalue weighted by molar-refractivity contribution is -0.131. The van der Waals surface area contributed by atoms with E-state index in [0.717, 1.165) is 24.2 Å². The zero-order valence-electron chi connectivity index (χ0n) is 15.6. The lowest BCUT2D eigenvalue weighted by atomic mass is 10.0. The highest BCUT2D eigenvalue weighted by molar-refractivity contribution is 5.79. The number of benzene rings is 1. The summed E-state index contributed by atoms with van der Waals surface area (Å²) in [5.74, 6) is 0.916. The van der Waals surface area contributed by atoms with Crippen LogP contribution in [0.2, 0.25) is 0 Å². The minimum atomic E-state index is -0.251. The van der Waals surface area contributed by atoms with E-state index < -0.39 is 0 Å². The Morgan fingerprint density at radius 3 is 2.28 bits per heavy atom. The van der Waals surface area contributed by atoms with E-state index in [0.29, 0.717) is 19.5 Å². The third-order valence-corrected chi connectivity index (χ3v) is 4.19. The van der Waals surface area contributed by atoms with E-state index in [9.17, 15) is 9.59 Å². The highest BCUT2D eigenvalue weighted by Crippen LogP contribution is 2.15. The molecule has 0 atom stereocenters. The second kappa shape index (κ2) is 8.23. The summed E-state index contributed by atoms with van der Waals surface area (Å²) in [6.45, 7) is 7.21. The van der Waals surface area contributed by atoms with Gasteiger partial charge in [-0.1, -0.05) is 12.1 Å². The molecule has 6 nitrogen and oxygen atoms in total. The Bertz CT molecular complexity index is 585. The molecule has 1 saturated heterocycles. The molecular formula is C19H29N3O3. The molecule has 1 fully saturated rings. The van der Waals surface area contributed by atoms with Crippen LogP contribution in [0.4, 0.5) is 4.79 Å². The third-order valence-electron chi connectivity index (χ3n) is 4.19. The molecule has 0 aliphatic carbocycles. The first-order valence-corrected chi connectivity index (χ1v) is 8.76. The van der Waals surface area contributed by atoms with Gasteiger partial charge in [-0.05, 0) is 51.3 Å². The average molecular weight is 347 g/mol. The maximum absolute atomic E-state index is 12.4. The lowest BCUT2D eigenvalue weighted by Crippen LogP contribution is -2.52. The van der Waals surface area contributed by atoms with Gasteiger partial charge in [0.15, 0.2) is 0 Å². The first-order valence-electron chi connectivity index (χ1n) is 8.76. The molecule has 138 valence electrons. The van der Waals surface area contributed by atoms with E-state index in [2.05, 4.69) is 10.6 Å². The van der Waals surface area contributed by atoms with Gasteiger partial charge in [0.25, 0.3) is 0 Å². The number of ether oxygens (including phenoxy) is 1. The van der Waals surface area contributed by atoms with Gasteiger partial charge in [-0.25, -0.2) is 4.79 Å². The zero-order valence-corrected chi connectivity index (χ0v) is 15.6. The number of urea groups is 1. The summed E-state index contributed by atoms with van der Waals surface area (Å²) in [6.07, 6.45) is 1.96. The van der Waals surface area contributed by atoms with Crippen molar-refractivity contribution in [3.63, 3.8) is 0 Å². The Balaban J connectivity index is 1.77. The summed E-state index contributed by atoms with van der Waals surface area (Å²) >= 11 is 0. The van der Waals surface area contributed by atoms with Crippen LogP contribution in [0.15, 0.2) is 24.3 Å². The van der Waals surface area contributed by atoms with Crippen molar-refractivity contribution in [2.24, 2.45) is 0 Å². The molecule has 2 rings (SSSR count). The molecule has 3 amide bonds. The van der Waals surface area contributed by atoms with Crippen LogP contribution in [0.3, 0.4) is 0 Å². The molecule has 1 aromatic rings. The quantitative estimate of drug-likeness (QED) is 0.878. The minimum Gasteiger partial charge on any atom is -0.497 e. The molecule has 25 heavy (non-hydrogen) atoms. The zero-order chi connectivity index (χ0) is 18.4. The van der Waals surface area contributed by atoms with Crippen LogP contribution in [0, 0.1) is 0 Å². The largest absolute Gasteiger partial charge is 0.497 e. The number of rotatable bonds is 4. The van der Waals surface area contributed by atoms with E-state index in [1.165, 1.54) is 0 Å². The van der Waals surface area contributed by atoms with Crippen LogP contribution >= 0.6 is 0 Å². The normalized spacial score (nSPS) is 15.6. The van der Waals surface area contributed by atoms with E-state index in [4.69, 9.17) is 4.74 Å². The molecule has 1 aromatic carbocycles. The van der Waals surface area contributed by atoms with E-state index in [-0.39, 0.29) is 23.5 Å². The number of piperidine rings is 1. The first kappa shape index (κ1) is 19.1. The molecule has 0 bridgehead atoms. The molecular weight excluding hydrogens is 318 g/mol. The molecule has 0 saturated carbocycles. The van der Waals surface area contributed by atoms with Crippen molar-refractivity contribution in [3.8, 4) is 5.75 Å². The summed E-state index contributed by atoms with van der Waals surface area (Å²) in [4.78, 5) is 26.2. The second-order valence-electron chi connectivity index (χ2n) is 7.53. The van der Waals surface area contributed by atoms with Gasteiger partial charge in [-0.2, -0.15) is 0 Å². The lowest BCUT2D eigenvalue weighted by Gasteiger charge is -2.33. The summed E-state index contributed by atoms with van der Waals surface area (Å²) in [5.41, 5.74) is 0.731. The number of nitrogens with zero attached hydrogens (tertiary/aromatic N) is 1. The highest BCUT2D eigenvalue weighted by atomic mass is 16.5. The first-order chi connectivity index (χ1) is 11.8. The minimum absolute atomic E-state index is 0.118. The molecule has 0 aromatic heterocycles. The predicted molar refractivity (Wildman–Crippen MR) is 97.7 cm³/mol. The van der Waals surface area contributed by atoms with Crippen LogP contribution in [-0.2, 0) is 11.2 Å². The van der Waals surface area contributed by atoms with E-state index >= 15 is 0 Å². The molecule has 1 aliphatic heterocycles. The van der Waals surface area contributed by atoms with Crippen molar-refractivity contribution in [3.05, 3.63) is 29.8 Å². The molecule has 2 N–H and O–H groups in total. The summed E-state index contributed by atoms with van der Waals surface area (Å²) in [7, 11) is 1.63. The van der Waals surface area contributed by atoms with Gasteiger partial charge in [0.2, 0.25) is 5.91 Å². The fourth-order valence-electron chi connectivity index (χ4n) is 2.87. The number of hydrogen-bond acceptors (Lipinski definition) is 3. The van der Waals surface area contributed by atoms with Crippen molar-refractivity contribution in [2.45, 2.75) is 51.6 Å². The van der Waals surface area contributed by atoms with Gasteiger partial charge in [-0.15, -0.1) is 0 Å². The van der Waals surface area contributed by atoms with E-state index in [1.54, 1.807) is 7.11 Å². The van der Waals surface area contributed by atoms with Crippen LogP contribution < -0.4 is 15.4 Å². The summed E-state index contributed by atoms with van der Waals surface area (Å²) in [5, 5.41) is 5.90. The van der Waals surface area contributed by atoms with Crippen LogP contribution in [0.1, 0.15) is 39.2 Å². The van der Waals surface area contributed by atoms with E-state index in [1.807, 2.05) is 49.9 Å². The van der Waals surface area contributed by atoms with Crippen LogP contribution in [0.25, 0.3) is 0 Å². The summed E-state index contributed by atoms with van der Waals surface area (Å²) < 4.78 is 5.13. The van der Waals surface area contributed by atoms with Gasteiger partial charge in [0, 0.05) is 24.7 Å². The molecule has 0 radical (unpaired) electrons. The standard InChI is InChI=1S/C19H29N3O3/c1-19(2,3)21-18(24)20-15-9-11-22(12-10-15)17(23)13-14-5-7-16(25-4)8-6-14/h5-8,15H,9-13H2,1-4H3,(H2,20,21,24). The number of carbonyl (C=O) groups excluding carboxylic acids is 2. The number of nitrogens with one attached hydrogen (secondary N) is 2. The van der Waals surface area contributed by atoms with Crippen molar-refractivity contribution in [1.82, 2.24) is 15.5 Å². The Labute approximate surface area is 149 Å². The Kier molecular flexibility index (Phi) is 6.28. The maximum atomic E-state index is 12.4. The number of carbonyl (C=O) groups is 2. The van der Waals surface area contributed by atoms with Gasteiger partial charge in [0.1, 0.15) is 5.75 Å². The highest BCUT2D eigenvalue weighted by Gasteiger charge is 2.24. The van der Waals surface area contributed by atoms with Gasteiger partial charge in [0.05, 0.1) is 13.5 Å². The number of methoxy groups -OCH3 is 1. The monoisotopic (exact) mass is 347 g/mol. The van der Waals surface area contributed by atoms with Crippen molar-refractivity contribution in [2.75, 3.05) is 20.2 Å². The fourth-order valence-corrected chi connectivity index (χ4v) is 2.87. The van der Waals surface area contributed by atoms with Crippen molar-refractivity contribution >= 4 is 11.9 Å². The molecule has 1 aliphatic rings. The molecule has 1 heterocycles. The Morgan fingerprint density at radius 1 is 1.16 bits per heavy atom. The van der Waals surface area contributed by atoms with Gasteiger partial charge in [-0.3, -0.25) is 4.79 Å². The van der Waals surface area contributed by atoms with Crippen molar-refractivity contribution in [1.29, 1.82) is 0 Å². The SMILES string of the molecule is COc1ccc(CC(=O)N2CCC(NC(=O)NC(C)(C)C)CC2)cc1. The fraction of sp³-hybridized carbons (Fsp3) is 0.579. The molecule has 0 unspecified atom stereocenters. The number of amides is 3. The topological polar surface area (TPSA) is 70.7 Å². The molecule has 0 spiro atoms. The Hall–Kier alpha value is -2.24. The van der Waals surface area contributed by atoms with Crippen LogP contribution in [-0.4, -0.2) is 48.6 Å². The summed E-state index contributed by atoms with van der Waals surface area (Å²) in [6, 6.07) is 7.55. The number of likely N-dealkylation sites (tertiary alicyclic amines) is 1. The maximum Gasteiger partial charge on any atom is 0.315 e. The second-order valence-corrected chi connectivity index (χ2v) is 7.53. The van der Waals surface area contributed by atoms with Crippen LogP contribution in [0.5, 0.6) is 5.75 Å². The average Bonchev–Trinajstić information content (AvgIpc) is 2.54. The van der Waals surface area contributed by atoms with Gasteiger partial charge < -0.3 is 20.3 Å². The third kappa shape index (κ3) is 6.29. The number of hydrogen-bond donors (Lipinski definition) is 2. The smallest absolute Gasteiger partial charge is 0.315 e. The van der Waals surface area contributed by atoms with Gasteiger partial charge >= 0.3 is 6.03 Å². The van der Waals surface area contributed by atoms with Crippen molar-refractivity contribution < 1.29 is 14.3 Å². The predicted octanol–water partition coefficient (Wildman–Crippen LogP) is 2.33.